The van der Waals surface area contributed by atoms with Crippen LogP contribution in [0.15, 0.2) is 34.6 Å². The summed E-state index contributed by atoms with van der Waals surface area (Å²) >= 11 is 1.37. The van der Waals surface area contributed by atoms with Gasteiger partial charge in [0, 0.05) is 12.7 Å². The minimum absolute atomic E-state index is 0.326. The Labute approximate surface area is 116 Å². The van der Waals surface area contributed by atoms with Crippen LogP contribution in [0.3, 0.4) is 0 Å². The van der Waals surface area contributed by atoms with Crippen molar-refractivity contribution in [3.8, 4) is 6.01 Å². The summed E-state index contributed by atoms with van der Waals surface area (Å²) in [4.78, 5) is 16.9. The highest BCUT2D eigenvalue weighted by Crippen LogP contribution is 2.24. The fourth-order valence-electron chi connectivity index (χ4n) is 1.32. The Morgan fingerprint density at radius 2 is 2.11 bits per heavy atom. The highest BCUT2D eigenvalue weighted by Gasteiger charge is 2.08. The molecule has 7 heteroatoms. The standard InChI is InChI=1S/C12H15N5OS/c1-3-13-10-15-11(18-4-2)17-12(16-10)19-9-7-5-6-8-14-9/h5-8H,3-4H2,1-2H3,(H,13,15,16,17). The van der Waals surface area contributed by atoms with Crippen LogP contribution in [0.5, 0.6) is 6.01 Å². The van der Waals surface area contributed by atoms with Crippen LogP contribution in [-0.2, 0) is 0 Å². The van der Waals surface area contributed by atoms with Crippen LogP contribution in [0.1, 0.15) is 13.8 Å². The van der Waals surface area contributed by atoms with E-state index in [4.69, 9.17) is 4.74 Å². The van der Waals surface area contributed by atoms with E-state index >= 15 is 0 Å². The largest absolute Gasteiger partial charge is 0.464 e. The van der Waals surface area contributed by atoms with Gasteiger partial charge in [0.1, 0.15) is 5.03 Å². The van der Waals surface area contributed by atoms with Crippen molar-refractivity contribution in [3.63, 3.8) is 0 Å². The van der Waals surface area contributed by atoms with E-state index in [1.54, 1.807) is 6.20 Å². The molecule has 2 rings (SSSR count). The van der Waals surface area contributed by atoms with E-state index in [-0.39, 0.29) is 0 Å². The predicted molar refractivity (Wildman–Crippen MR) is 73.5 cm³/mol. The van der Waals surface area contributed by atoms with Gasteiger partial charge in [-0.15, -0.1) is 0 Å². The average Bonchev–Trinajstić information content (AvgIpc) is 2.40. The topological polar surface area (TPSA) is 72.8 Å². The number of aromatic nitrogens is 4. The van der Waals surface area contributed by atoms with Crippen molar-refractivity contribution in [2.45, 2.75) is 24.0 Å². The summed E-state index contributed by atoms with van der Waals surface area (Å²) in [5.74, 6) is 0.513. The first kappa shape index (κ1) is 13.5. The van der Waals surface area contributed by atoms with Crippen molar-refractivity contribution in [1.82, 2.24) is 19.9 Å². The molecule has 0 aliphatic rings. The molecule has 0 fully saturated rings. The van der Waals surface area contributed by atoms with E-state index in [9.17, 15) is 0 Å². The van der Waals surface area contributed by atoms with E-state index < -0.39 is 0 Å². The second-order valence-corrected chi connectivity index (χ2v) is 4.45. The van der Waals surface area contributed by atoms with Gasteiger partial charge in [-0.3, -0.25) is 0 Å². The summed E-state index contributed by atoms with van der Waals surface area (Å²) < 4.78 is 5.34. The Hall–Kier alpha value is -1.89. The highest BCUT2D eigenvalue weighted by atomic mass is 32.2. The molecule has 1 N–H and O–H groups in total. The third-order valence-electron chi connectivity index (χ3n) is 2.04. The number of hydrogen-bond acceptors (Lipinski definition) is 7. The molecule has 100 valence electrons. The third-order valence-corrected chi connectivity index (χ3v) is 2.85. The Kier molecular flexibility index (Phi) is 4.91. The van der Waals surface area contributed by atoms with Crippen LogP contribution in [0.4, 0.5) is 5.95 Å². The summed E-state index contributed by atoms with van der Waals surface area (Å²) in [6.45, 7) is 5.13. The number of anilines is 1. The van der Waals surface area contributed by atoms with Gasteiger partial charge in [-0.25, -0.2) is 4.98 Å². The molecule has 0 bridgehead atoms. The number of nitrogens with one attached hydrogen (secondary N) is 1. The molecule has 6 nitrogen and oxygen atoms in total. The van der Waals surface area contributed by atoms with Crippen molar-refractivity contribution >= 4 is 17.7 Å². The maximum atomic E-state index is 5.34. The number of pyridine rings is 1. The molecule has 0 saturated carbocycles. The van der Waals surface area contributed by atoms with Gasteiger partial charge in [0.05, 0.1) is 6.61 Å². The van der Waals surface area contributed by atoms with Crippen LogP contribution in [0.25, 0.3) is 0 Å². The van der Waals surface area contributed by atoms with Gasteiger partial charge in [0.15, 0.2) is 0 Å². The van der Waals surface area contributed by atoms with Crippen molar-refractivity contribution in [2.24, 2.45) is 0 Å². The molecular formula is C12H15N5OS. The van der Waals surface area contributed by atoms with Crippen LogP contribution in [-0.4, -0.2) is 33.1 Å². The quantitative estimate of drug-likeness (QED) is 0.868. The molecular weight excluding hydrogens is 262 g/mol. The molecule has 2 aromatic heterocycles. The van der Waals surface area contributed by atoms with Gasteiger partial charge in [-0.05, 0) is 37.7 Å². The minimum atomic E-state index is 0.326. The van der Waals surface area contributed by atoms with E-state index in [1.165, 1.54) is 11.8 Å². The highest BCUT2D eigenvalue weighted by molar-refractivity contribution is 7.99. The third kappa shape index (κ3) is 4.06. The summed E-state index contributed by atoms with van der Waals surface area (Å²) in [5.41, 5.74) is 0. The lowest BCUT2D eigenvalue weighted by Crippen LogP contribution is -2.07. The van der Waals surface area contributed by atoms with Gasteiger partial charge in [-0.2, -0.15) is 15.0 Å². The number of nitrogens with zero attached hydrogens (tertiary/aromatic N) is 4. The molecule has 0 atom stereocenters. The fraction of sp³-hybridized carbons (Fsp3) is 0.333. The van der Waals surface area contributed by atoms with Gasteiger partial charge in [0.25, 0.3) is 0 Å². The maximum absolute atomic E-state index is 5.34. The van der Waals surface area contributed by atoms with E-state index in [0.717, 1.165) is 11.6 Å². The molecule has 0 unspecified atom stereocenters. The lowest BCUT2D eigenvalue weighted by Gasteiger charge is -2.07. The molecule has 0 aliphatic carbocycles. The monoisotopic (exact) mass is 277 g/mol. The second-order valence-electron chi connectivity index (χ2n) is 3.46. The van der Waals surface area contributed by atoms with E-state index in [2.05, 4.69) is 25.3 Å². The molecule has 0 radical (unpaired) electrons. The Morgan fingerprint density at radius 1 is 1.21 bits per heavy atom. The molecule has 0 aliphatic heterocycles. The fourth-order valence-corrected chi connectivity index (χ4v) is 2.02. The Bertz CT molecular complexity index is 499. The zero-order valence-electron chi connectivity index (χ0n) is 10.8. The summed E-state index contributed by atoms with van der Waals surface area (Å²) in [6.07, 6.45) is 1.73. The lowest BCUT2D eigenvalue weighted by atomic mass is 10.5. The molecule has 2 aromatic rings. The molecule has 19 heavy (non-hydrogen) atoms. The zero-order chi connectivity index (χ0) is 13.5. The average molecular weight is 277 g/mol. The molecule has 0 saturated heterocycles. The Balaban J connectivity index is 2.23. The molecule has 2 heterocycles. The van der Waals surface area contributed by atoms with Gasteiger partial charge in [0.2, 0.25) is 11.1 Å². The minimum Gasteiger partial charge on any atom is -0.464 e. The van der Waals surface area contributed by atoms with Gasteiger partial charge in [-0.1, -0.05) is 6.07 Å². The maximum Gasteiger partial charge on any atom is 0.322 e. The lowest BCUT2D eigenvalue weighted by molar-refractivity contribution is 0.308. The van der Waals surface area contributed by atoms with Gasteiger partial charge >= 0.3 is 6.01 Å². The zero-order valence-corrected chi connectivity index (χ0v) is 11.6. The molecule has 0 amide bonds. The van der Waals surface area contributed by atoms with Crippen molar-refractivity contribution in [3.05, 3.63) is 24.4 Å². The Morgan fingerprint density at radius 3 is 2.79 bits per heavy atom. The normalized spacial score (nSPS) is 10.2. The summed E-state index contributed by atoms with van der Waals surface area (Å²) in [6, 6.07) is 6.02. The first-order valence-corrected chi connectivity index (χ1v) is 6.85. The SMILES string of the molecule is CCNc1nc(OCC)nc(Sc2ccccn2)n1. The van der Waals surface area contributed by atoms with Crippen LogP contribution < -0.4 is 10.1 Å². The van der Waals surface area contributed by atoms with Crippen LogP contribution >= 0.6 is 11.8 Å². The number of hydrogen-bond donors (Lipinski definition) is 1. The summed E-state index contributed by atoms with van der Waals surface area (Å²) in [5, 5.41) is 4.45. The smallest absolute Gasteiger partial charge is 0.322 e. The summed E-state index contributed by atoms with van der Waals surface area (Å²) in [7, 11) is 0. The van der Waals surface area contributed by atoms with Gasteiger partial charge < -0.3 is 10.1 Å². The molecule has 0 spiro atoms. The van der Waals surface area contributed by atoms with E-state index in [1.807, 2.05) is 32.0 Å². The first-order valence-electron chi connectivity index (χ1n) is 6.03. The van der Waals surface area contributed by atoms with Crippen molar-refractivity contribution < 1.29 is 4.74 Å². The molecule has 0 aromatic carbocycles. The van der Waals surface area contributed by atoms with Crippen LogP contribution in [0, 0.1) is 0 Å². The van der Waals surface area contributed by atoms with E-state index in [0.29, 0.717) is 23.7 Å². The number of ether oxygens (including phenoxy) is 1. The number of rotatable bonds is 6. The van der Waals surface area contributed by atoms with Crippen molar-refractivity contribution in [2.75, 3.05) is 18.5 Å². The van der Waals surface area contributed by atoms with Crippen LogP contribution in [0.2, 0.25) is 0 Å². The second kappa shape index (κ2) is 6.89. The predicted octanol–water partition coefficient (Wildman–Crippen LogP) is 2.25. The van der Waals surface area contributed by atoms with Crippen molar-refractivity contribution in [1.29, 1.82) is 0 Å². The first-order chi connectivity index (χ1) is 9.31.